The Morgan fingerprint density at radius 1 is 1.14 bits per heavy atom. The zero-order valence-corrected chi connectivity index (χ0v) is 17.1. The van der Waals surface area contributed by atoms with Crippen LogP contribution in [0, 0.1) is 6.92 Å². The van der Waals surface area contributed by atoms with Crippen molar-refractivity contribution in [2.45, 2.75) is 46.0 Å². The lowest BCUT2D eigenvalue weighted by molar-refractivity contribution is 0.0652. The minimum atomic E-state index is -0.304. The lowest BCUT2D eigenvalue weighted by Gasteiger charge is -2.12. The molecular weight excluding hydrogens is 374 g/mol. The molecular formula is C21H25N3O3S. The molecule has 0 saturated heterocycles. The van der Waals surface area contributed by atoms with Crippen molar-refractivity contribution in [3.63, 3.8) is 0 Å². The summed E-state index contributed by atoms with van der Waals surface area (Å²) in [6, 6.07) is 4.73. The number of aryl methyl sites for hydroxylation is 2. The Labute approximate surface area is 169 Å². The van der Waals surface area contributed by atoms with E-state index >= 15 is 0 Å². The van der Waals surface area contributed by atoms with Gasteiger partial charge in [-0.05, 0) is 50.8 Å². The molecule has 2 aromatic rings. The van der Waals surface area contributed by atoms with Crippen LogP contribution in [0.15, 0.2) is 23.6 Å². The molecule has 2 heterocycles. The molecule has 0 unspecified atom stereocenters. The molecule has 1 N–H and O–H groups in total. The van der Waals surface area contributed by atoms with E-state index in [1.165, 1.54) is 11.0 Å². The first kappa shape index (κ1) is 20.2. The summed E-state index contributed by atoms with van der Waals surface area (Å²) < 4.78 is 0. The molecule has 1 aromatic heterocycles. The highest BCUT2D eigenvalue weighted by atomic mass is 32.1. The highest BCUT2D eigenvalue weighted by molar-refractivity contribution is 7.09. The second-order valence-electron chi connectivity index (χ2n) is 6.97. The molecule has 0 spiro atoms. The number of aromatic nitrogens is 1. The van der Waals surface area contributed by atoms with Gasteiger partial charge in [-0.3, -0.25) is 19.3 Å². The van der Waals surface area contributed by atoms with Gasteiger partial charge in [-0.1, -0.05) is 13.3 Å². The fraction of sp³-hybridized carbons (Fsp3) is 0.429. The number of unbranched alkanes of at least 4 members (excludes halogenated alkanes) is 2. The number of carbonyl (C=O) groups excluding carboxylic acids is 3. The van der Waals surface area contributed by atoms with Gasteiger partial charge in [-0.15, -0.1) is 11.3 Å². The van der Waals surface area contributed by atoms with Gasteiger partial charge < -0.3 is 5.32 Å². The summed E-state index contributed by atoms with van der Waals surface area (Å²) in [6.07, 6.45) is 4.41. The summed E-state index contributed by atoms with van der Waals surface area (Å²) in [5.41, 5.74) is 2.17. The maximum Gasteiger partial charge on any atom is 0.261 e. The van der Waals surface area contributed by atoms with Crippen LogP contribution in [0.3, 0.4) is 0 Å². The Morgan fingerprint density at radius 3 is 2.64 bits per heavy atom. The number of imide groups is 1. The Morgan fingerprint density at radius 2 is 1.93 bits per heavy atom. The van der Waals surface area contributed by atoms with Crippen molar-refractivity contribution in [1.82, 2.24) is 15.2 Å². The van der Waals surface area contributed by atoms with E-state index in [-0.39, 0.29) is 17.7 Å². The van der Waals surface area contributed by atoms with E-state index in [2.05, 4.69) is 10.3 Å². The molecule has 148 valence electrons. The smallest absolute Gasteiger partial charge is 0.261 e. The topological polar surface area (TPSA) is 79.4 Å². The van der Waals surface area contributed by atoms with Crippen LogP contribution in [0.1, 0.15) is 74.4 Å². The average molecular weight is 400 g/mol. The number of hydrogen-bond acceptors (Lipinski definition) is 5. The lowest BCUT2D eigenvalue weighted by Crippen LogP contribution is -2.30. The number of rotatable bonds is 9. The first-order valence-electron chi connectivity index (χ1n) is 9.70. The van der Waals surface area contributed by atoms with Gasteiger partial charge in [0.05, 0.1) is 16.1 Å². The van der Waals surface area contributed by atoms with Crippen molar-refractivity contribution >= 4 is 29.1 Å². The highest BCUT2D eigenvalue weighted by Gasteiger charge is 2.35. The Bertz CT molecular complexity index is 891. The predicted molar refractivity (Wildman–Crippen MR) is 109 cm³/mol. The third-order valence-corrected chi connectivity index (χ3v) is 5.76. The number of nitrogens with zero attached hydrogens (tertiary/aromatic N) is 2. The minimum absolute atomic E-state index is 0.222. The number of fused-ring (bicyclic) bond motifs is 1. The van der Waals surface area contributed by atoms with Crippen molar-refractivity contribution in [2.75, 3.05) is 13.1 Å². The third-order valence-electron chi connectivity index (χ3n) is 4.74. The molecule has 3 amide bonds. The Balaban J connectivity index is 1.52. The molecule has 28 heavy (non-hydrogen) atoms. The van der Waals surface area contributed by atoms with Crippen molar-refractivity contribution in [2.24, 2.45) is 0 Å². The van der Waals surface area contributed by atoms with Crippen LogP contribution >= 0.6 is 11.3 Å². The number of hydrogen-bond donors (Lipinski definition) is 1. The van der Waals surface area contributed by atoms with Gasteiger partial charge in [0, 0.05) is 29.7 Å². The Hall–Kier alpha value is -2.54. The van der Waals surface area contributed by atoms with E-state index in [4.69, 9.17) is 0 Å². The van der Waals surface area contributed by atoms with Crippen LogP contribution < -0.4 is 5.32 Å². The minimum Gasteiger partial charge on any atom is -0.352 e. The van der Waals surface area contributed by atoms with Crippen LogP contribution in [0.5, 0.6) is 0 Å². The van der Waals surface area contributed by atoms with Gasteiger partial charge in [0.15, 0.2) is 0 Å². The number of thiazole rings is 1. The monoisotopic (exact) mass is 399 g/mol. The van der Waals surface area contributed by atoms with Crippen LogP contribution in [-0.2, 0) is 6.42 Å². The van der Waals surface area contributed by atoms with Gasteiger partial charge in [-0.25, -0.2) is 4.98 Å². The number of nitrogens with one attached hydrogen (secondary N) is 1. The van der Waals surface area contributed by atoms with Gasteiger partial charge >= 0.3 is 0 Å². The number of carbonyl (C=O) groups is 3. The summed E-state index contributed by atoms with van der Waals surface area (Å²) in [7, 11) is 0. The van der Waals surface area contributed by atoms with Gasteiger partial charge in [-0.2, -0.15) is 0 Å². The van der Waals surface area contributed by atoms with Crippen LogP contribution in [0.4, 0.5) is 0 Å². The second kappa shape index (κ2) is 9.10. The first-order chi connectivity index (χ1) is 13.5. The highest BCUT2D eigenvalue weighted by Crippen LogP contribution is 2.24. The van der Waals surface area contributed by atoms with Crippen molar-refractivity contribution < 1.29 is 14.4 Å². The van der Waals surface area contributed by atoms with Gasteiger partial charge in [0.1, 0.15) is 0 Å². The maximum atomic E-state index is 12.5. The van der Waals surface area contributed by atoms with Crippen molar-refractivity contribution in [1.29, 1.82) is 0 Å². The zero-order valence-electron chi connectivity index (χ0n) is 16.3. The average Bonchev–Trinajstić information content (AvgIpc) is 3.21. The van der Waals surface area contributed by atoms with E-state index in [1.807, 2.05) is 19.2 Å². The third kappa shape index (κ3) is 4.47. The number of amides is 3. The van der Waals surface area contributed by atoms with Crippen molar-refractivity contribution in [3.8, 4) is 0 Å². The fourth-order valence-electron chi connectivity index (χ4n) is 3.17. The molecule has 0 bridgehead atoms. The van der Waals surface area contributed by atoms with Gasteiger partial charge in [0.2, 0.25) is 0 Å². The van der Waals surface area contributed by atoms with E-state index in [0.717, 1.165) is 42.8 Å². The molecule has 3 rings (SSSR count). The quantitative estimate of drug-likeness (QED) is 0.516. The largest absolute Gasteiger partial charge is 0.352 e. The maximum absolute atomic E-state index is 12.5. The summed E-state index contributed by atoms with van der Waals surface area (Å²) in [6.45, 7) is 4.98. The Kier molecular flexibility index (Phi) is 6.57. The van der Waals surface area contributed by atoms with Crippen molar-refractivity contribution in [3.05, 3.63) is 51.0 Å². The summed E-state index contributed by atoms with van der Waals surface area (Å²) in [5.74, 6) is -0.792. The van der Waals surface area contributed by atoms with E-state index in [9.17, 15) is 14.4 Å². The van der Waals surface area contributed by atoms with Crippen LogP contribution in [-0.4, -0.2) is 40.7 Å². The molecule has 0 saturated carbocycles. The van der Waals surface area contributed by atoms with Gasteiger partial charge in [0.25, 0.3) is 17.7 Å². The van der Waals surface area contributed by atoms with Crippen LogP contribution in [0.25, 0.3) is 0 Å². The molecule has 1 aliphatic heterocycles. The molecule has 7 heteroatoms. The molecule has 0 atom stereocenters. The normalized spacial score (nSPS) is 13.1. The van der Waals surface area contributed by atoms with E-state index < -0.39 is 0 Å². The van der Waals surface area contributed by atoms with E-state index in [1.54, 1.807) is 23.5 Å². The standard InChI is InChI=1S/C21H25N3O3S/c1-3-4-11-24-20(26)16-9-8-15(12-17(16)21(24)27)19(25)22-10-6-5-7-18-23-14(2)13-28-18/h8-9,12-13H,3-7,10-11H2,1-2H3,(H,22,25). The molecule has 1 aliphatic rings. The second-order valence-corrected chi connectivity index (χ2v) is 7.91. The summed E-state index contributed by atoms with van der Waals surface area (Å²) >= 11 is 1.67. The van der Waals surface area contributed by atoms with E-state index in [0.29, 0.717) is 29.8 Å². The summed E-state index contributed by atoms with van der Waals surface area (Å²) in [5, 5.41) is 6.05. The number of benzene rings is 1. The predicted octanol–water partition coefficient (Wildman–Crippen LogP) is 3.60. The lowest BCUT2D eigenvalue weighted by atomic mass is 10.1. The molecule has 0 aliphatic carbocycles. The zero-order chi connectivity index (χ0) is 20.1. The molecule has 6 nitrogen and oxygen atoms in total. The fourth-order valence-corrected chi connectivity index (χ4v) is 3.99. The van der Waals surface area contributed by atoms with Crippen LogP contribution in [0.2, 0.25) is 0 Å². The SMILES string of the molecule is CCCCN1C(=O)c2ccc(C(=O)NCCCCc3nc(C)cs3)cc2C1=O. The first-order valence-corrected chi connectivity index (χ1v) is 10.6. The molecule has 1 aromatic carbocycles. The summed E-state index contributed by atoms with van der Waals surface area (Å²) in [4.78, 5) is 42.9. The molecule has 0 fully saturated rings. The molecule has 0 radical (unpaired) electrons.